The van der Waals surface area contributed by atoms with Crippen molar-refractivity contribution in [2.75, 3.05) is 32.7 Å². The van der Waals surface area contributed by atoms with Gasteiger partial charge in [-0.3, -0.25) is 4.79 Å². The highest BCUT2D eigenvalue weighted by Gasteiger charge is 2.26. The standard InChI is InChI=1S/C29H40ClN3O/c1-22-11-12-25(21-26(22)30)29(34)31-27-10-6-3-5-9-23(2)28(27)33-19-14-24(15-20-33)13-18-32-16-7-4-8-17-32/h3,6,10-12,21,24H,4-5,7-9,13-20H2,1-2H3,(H,31,34). The topological polar surface area (TPSA) is 35.6 Å². The average Bonchev–Trinajstić information content (AvgIpc) is 2.84. The lowest BCUT2D eigenvalue weighted by Gasteiger charge is -2.38. The largest absolute Gasteiger partial charge is 0.370 e. The molecule has 0 radical (unpaired) electrons. The Balaban J connectivity index is 1.42. The minimum Gasteiger partial charge on any atom is -0.370 e. The molecule has 1 aromatic rings. The molecule has 2 aliphatic heterocycles. The lowest BCUT2D eigenvalue weighted by atomic mass is 9.91. The van der Waals surface area contributed by atoms with E-state index >= 15 is 0 Å². The molecular weight excluding hydrogens is 442 g/mol. The number of hydrogen-bond donors (Lipinski definition) is 1. The van der Waals surface area contributed by atoms with Crippen molar-refractivity contribution in [1.29, 1.82) is 0 Å². The molecule has 0 atom stereocenters. The second kappa shape index (κ2) is 12.1. The number of halogens is 1. The number of nitrogens with zero attached hydrogens (tertiary/aromatic N) is 2. The third-order valence-corrected chi connectivity index (χ3v) is 8.07. The van der Waals surface area contributed by atoms with Gasteiger partial charge in [-0.2, -0.15) is 0 Å². The molecule has 1 aliphatic carbocycles. The summed E-state index contributed by atoms with van der Waals surface area (Å²) < 4.78 is 0. The van der Waals surface area contributed by atoms with Gasteiger partial charge < -0.3 is 15.1 Å². The predicted octanol–water partition coefficient (Wildman–Crippen LogP) is 6.47. The van der Waals surface area contributed by atoms with Crippen LogP contribution in [0.2, 0.25) is 5.02 Å². The van der Waals surface area contributed by atoms with Crippen LogP contribution in [0.4, 0.5) is 0 Å². The van der Waals surface area contributed by atoms with Gasteiger partial charge in [-0.05, 0) is 114 Å². The lowest BCUT2D eigenvalue weighted by Crippen LogP contribution is -2.39. The number of piperidine rings is 2. The van der Waals surface area contributed by atoms with Gasteiger partial charge in [0.25, 0.3) is 5.91 Å². The summed E-state index contributed by atoms with van der Waals surface area (Å²) in [5.74, 6) is 0.702. The first kappa shape index (κ1) is 25.1. The molecular formula is C29H40ClN3O. The Bertz CT molecular complexity index is 950. The number of hydrogen-bond acceptors (Lipinski definition) is 3. The fourth-order valence-corrected chi connectivity index (χ4v) is 5.63. The van der Waals surface area contributed by atoms with Crippen molar-refractivity contribution in [3.63, 3.8) is 0 Å². The van der Waals surface area contributed by atoms with Crippen LogP contribution >= 0.6 is 11.6 Å². The van der Waals surface area contributed by atoms with E-state index in [1.807, 2.05) is 19.1 Å². The van der Waals surface area contributed by atoms with Crippen LogP contribution in [0.25, 0.3) is 0 Å². The molecule has 5 heteroatoms. The summed E-state index contributed by atoms with van der Waals surface area (Å²) in [4.78, 5) is 18.3. The minimum absolute atomic E-state index is 0.108. The van der Waals surface area contributed by atoms with Crippen LogP contribution in [-0.4, -0.2) is 48.4 Å². The van der Waals surface area contributed by atoms with Crippen LogP contribution in [0.3, 0.4) is 0 Å². The number of amides is 1. The first-order chi connectivity index (χ1) is 16.5. The van der Waals surface area contributed by atoms with Gasteiger partial charge in [0.05, 0.1) is 11.4 Å². The molecule has 1 amide bonds. The number of carbonyl (C=O) groups is 1. The first-order valence-electron chi connectivity index (χ1n) is 13.1. The van der Waals surface area contributed by atoms with Crippen LogP contribution in [0.1, 0.15) is 74.2 Å². The maximum atomic E-state index is 13.1. The van der Waals surface area contributed by atoms with E-state index in [0.717, 1.165) is 43.1 Å². The van der Waals surface area contributed by atoms with Crippen molar-refractivity contribution < 1.29 is 4.79 Å². The molecule has 0 bridgehead atoms. The Morgan fingerprint density at radius 1 is 1.09 bits per heavy atom. The Morgan fingerprint density at radius 3 is 2.59 bits per heavy atom. The Hall–Kier alpha value is -2.04. The van der Waals surface area contributed by atoms with Gasteiger partial charge in [-0.25, -0.2) is 0 Å². The molecule has 1 aromatic carbocycles. The molecule has 3 aliphatic rings. The number of carbonyl (C=O) groups excluding carboxylic acids is 1. The molecule has 34 heavy (non-hydrogen) atoms. The minimum atomic E-state index is -0.108. The summed E-state index contributed by atoms with van der Waals surface area (Å²) >= 11 is 6.28. The zero-order valence-corrected chi connectivity index (χ0v) is 21.7. The van der Waals surface area contributed by atoms with Gasteiger partial charge in [0.1, 0.15) is 0 Å². The number of nitrogens with one attached hydrogen (secondary N) is 1. The monoisotopic (exact) mass is 481 g/mol. The molecule has 2 fully saturated rings. The molecule has 4 nitrogen and oxygen atoms in total. The molecule has 4 rings (SSSR count). The average molecular weight is 482 g/mol. The van der Waals surface area contributed by atoms with Crippen molar-refractivity contribution in [3.05, 3.63) is 69.5 Å². The summed E-state index contributed by atoms with van der Waals surface area (Å²) in [5.41, 5.74) is 5.04. The van der Waals surface area contributed by atoms with Crippen LogP contribution in [0.15, 0.2) is 53.4 Å². The number of likely N-dealkylation sites (tertiary alicyclic amines) is 2. The second-order valence-electron chi connectivity index (χ2n) is 10.2. The van der Waals surface area contributed by atoms with E-state index in [2.05, 4.69) is 40.3 Å². The zero-order chi connectivity index (χ0) is 23.9. The van der Waals surface area contributed by atoms with Crippen molar-refractivity contribution in [2.45, 2.75) is 65.2 Å². The first-order valence-corrected chi connectivity index (χ1v) is 13.5. The van der Waals surface area contributed by atoms with E-state index in [9.17, 15) is 4.79 Å². The smallest absolute Gasteiger partial charge is 0.255 e. The molecule has 0 aromatic heterocycles. The van der Waals surface area contributed by atoms with Crippen molar-refractivity contribution in [2.24, 2.45) is 5.92 Å². The van der Waals surface area contributed by atoms with Crippen LogP contribution < -0.4 is 5.32 Å². The summed E-state index contributed by atoms with van der Waals surface area (Å²) in [6.07, 6.45) is 16.3. The summed E-state index contributed by atoms with van der Waals surface area (Å²) in [7, 11) is 0. The second-order valence-corrected chi connectivity index (χ2v) is 10.6. The SMILES string of the molecule is CC1=C(N2CCC(CCN3CCCCC3)CC2)C(NC(=O)c2ccc(C)c(Cl)c2)=CC=CCC1. The van der Waals surface area contributed by atoms with Crippen molar-refractivity contribution >= 4 is 17.5 Å². The fourth-order valence-electron chi connectivity index (χ4n) is 5.45. The number of aryl methyl sites for hydroxylation is 1. The maximum Gasteiger partial charge on any atom is 0.255 e. The normalized spacial score (nSPS) is 20.7. The summed E-state index contributed by atoms with van der Waals surface area (Å²) in [6.45, 7) is 10.1. The van der Waals surface area contributed by atoms with E-state index in [-0.39, 0.29) is 5.91 Å². The quantitative estimate of drug-likeness (QED) is 0.505. The predicted molar refractivity (Wildman–Crippen MR) is 142 cm³/mol. The molecule has 1 N–H and O–H groups in total. The van der Waals surface area contributed by atoms with Gasteiger partial charge >= 0.3 is 0 Å². The molecule has 2 heterocycles. The molecule has 0 unspecified atom stereocenters. The maximum absolute atomic E-state index is 13.1. The highest BCUT2D eigenvalue weighted by Crippen LogP contribution is 2.30. The van der Waals surface area contributed by atoms with Crippen molar-refractivity contribution in [3.8, 4) is 0 Å². The van der Waals surface area contributed by atoms with Gasteiger partial charge in [0, 0.05) is 23.7 Å². The third-order valence-electron chi connectivity index (χ3n) is 7.66. The van der Waals surface area contributed by atoms with Crippen molar-refractivity contribution in [1.82, 2.24) is 15.1 Å². The van der Waals surface area contributed by atoms with Crippen LogP contribution in [-0.2, 0) is 0 Å². The van der Waals surface area contributed by atoms with E-state index in [1.165, 1.54) is 69.4 Å². The number of allylic oxidation sites excluding steroid dienone is 4. The Labute approximate surface area is 210 Å². The molecule has 0 spiro atoms. The van der Waals surface area contributed by atoms with E-state index in [4.69, 9.17) is 11.6 Å². The Morgan fingerprint density at radius 2 is 1.85 bits per heavy atom. The number of rotatable bonds is 6. The lowest BCUT2D eigenvalue weighted by molar-refractivity contribution is 0.0963. The molecule has 0 saturated carbocycles. The van der Waals surface area contributed by atoms with Gasteiger partial charge in [-0.1, -0.05) is 36.2 Å². The van der Waals surface area contributed by atoms with Gasteiger partial charge in [0.15, 0.2) is 0 Å². The highest BCUT2D eigenvalue weighted by atomic mass is 35.5. The van der Waals surface area contributed by atoms with E-state index < -0.39 is 0 Å². The van der Waals surface area contributed by atoms with E-state index in [1.54, 1.807) is 6.07 Å². The third kappa shape index (κ3) is 6.55. The van der Waals surface area contributed by atoms with Crippen LogP contribution in [0.5, 0.6) is 0 Å². The highest BCUT2D eigenvalue weighted by molar-refractivity contribution is 6.31. The fraction of sp³-hybridized carbons (Fsp3) is 0.552. The summed E-state index contributed by atoms with van der Waals surface area (Å²) in [6, 6.07) is 5.51. The molecule has 184 valence electrons. The van der Waals surface area contributed by atoms with Gasteiger partial charge in [-0.15, -0.1) is 0 Å². The van der Waals surface area contributed by atoms with E-state index in [0.29, 0.717) is 10.6 Å². The zero-order valence-electron chi connectivity index (χ0n) is 20.9. The van der Waals surface area contributed by atoms with Gasteiger partial charge in [0.2, 0.25) is 0 Å². The molecule has 2 saturated heterocycles. The van der Waals surface area contributed by atoms with Crippen LogP contribution in [0, 0.1) is 12.8 Å². The number of benzene rings is 1. The Kier molecular flexibility index (Phi) is 8.91. The summed E-state index contributed by atoms with van der Waals surface area (Å²) in [5, 5.41) is 3.84.